The molecule has 0 amide bonds. The first kappa shape index (κ1) is 21.4. The van der Waals surface area contributed by atoms with E-state index in [1.54, 1.807) is 37.7 Å². The Morgan fingerprint density at radius 1 is 0.969 bits per heavy atom. The predicted molar refractivity (Wildman–Crippen MR) is 116 cm³/mol. The van der Waals surface area contributed by atoms with E-state index in [0.717, 1.165) is 5.56 Å². The molecule has 7 nitrogen and oxygen atoms in total. The van der Waals surface area contributed by atoms with Crippen molar-refractivity contribution in [3.05, 3.63) is 67.0 Å². The van der Waals surface area contributed by atoms with Crippen molar-refractivity contribution < 1.29 is 23.0 Å². The molecule has 0 fully saturated rings. The van der Waals surface area contributed by atoms with Crippen LogP contribution in [0, 0.1) is 0 Å². The summed E-state index contributed by atoms with van der Waals surface area (Å²) in [6, 6.07) is 15.4. The van der Waals surface area contributed by atoms with Gasteiger partial charge in [0.05, 0.1) is 12.1 Å². The molecule has 164 valence electrons. The van der Waals surface area contributed by atoms with Crippen molar-refractivity contribution in [2.45, 2.75) is 6.61 Å². The average Bonchev–Trinajstić information content (AvgIpc) is 2.80. The third-order valence-electron chi connectivity index (χ3n) is 4.47. The summed E-state index contributed by atoms with van der Waals surface area (Å²) in [6.45, 7) is -2.06. The van der Waals surface area contributed by atoms with E-state index in [1.165, 1.54) is 12.1 Å². The van der Waals surface area contributed by atoms with E-state index in [9.17, 15) is 8.78 Å². The minimum atomic E-state index is -2.91. The van der Waals surface area contributed by atoms with E-state index in [0.29, 0.717) is 47.2 Å². The van der Waals surface area contributed by atoms with E-state index < -0.39 is 6.61 Å². The van der Waals surface area contributed by atoms with Crippen molar-refractivity contribution >= 4 is 22.4 Å². The summed E-state index contributed by atoms with van der Waals surface area (Å²) in [7, 11) is 1.60. The van der Waals surface area contributed by atoms with Gasteiger partial charge < -0.3 is 19.5 Å². The molecule has 2 aromatic heterocycles. The van der Waals surface area contributed by atoms with Crippen molar-refractivity contribution in [3.8, 4) is 22.9 Å². The van der Waals surface area contributed by atoms with Gasteiger partial charge in [0.2, 0.25) is 0 Å². The first-order valence-electron chi connectivity index (χ1n) is 9.78. The van der Waals surface area contributed by atoms with Crippen LogP contribution in [0.25, 0.3) is 22.3 Å². The van der Waals surface area contributed by atoms with Crippen LogP contribution in [-0.2, 0) is 4.74 Å². The van der Waals surface area contributed by atoms with Gasteiger partial charge in [-0.05, 0) is 42.5 Å². The molecule has 0 aliphatic carbocycles. The Morgan fingerprint density at radius 2 is 1.88 bits per heavy atom. The molecule has 0 unspecified atom stereocenters. The second-order valence-electron chi connectivity index (χ2n) is 6.69. The van der Waals surface area contributed by atoms with Gasteiger partial charge in [0, 0.05) is 42.2 Å². The predicted octanol–water partition coefficient (Wildman–Crippen LogP) is 5.06. The molecule has 0 saturated heterocycles. The molecule has 1 N–H and O–H groups in total. The van der Waals surface area contributed by atoms with Crippen LogP contribution in [0.3, 0.4) is 0 Å². The second kappa shape index (κ2) is 9.97. The van der Waals surface area contributed by atoms with Crippen LogP contribution in [0.15, 0.2) is 67.0 Å². The lowest BCUT2D eigenvalue weighted by atomic mass is 10.2. The first-order chi connectivity index (χ1) is 15.6. The van der Waals surface area contributed by atoms with Crippen molar-refractivity contribution in [1.82, 2.24) is 15.0 Å². The number of hydrogen-bond donors (Lipinski definition) is 1. The lowest BCUT2D eigenvalue weighted by Crippen LogP contribution is -2.05. The Labute approximate surface area is 183 Å². The average molecular weight is 438 g/mol. The summed E-state index contributed by atoms with van der Waals surface area (Å²) < 4.78 is 40.5. The third-order valence-corrected chi connectivity index (χ3v) is 4.47. The summed E-state index contributed by atoms with van der Waals surface area (Å²) >= 11 is 0. The van der Waals surface area contributed by atoms with Crippen LogP contribution >= 0.6 is 0 Å². The number of fused-ring (bicyclic) bond motifs is 1. The molecule has 2 aromatic carbocycles. The zero-order valence-corrected chi connectivity index (χ0v) is 17.2. The number of anilines is 2. The van der Waals surface area contributed by atoms with Crippen LogP contribution < -0.4 is 14.8 Å². The molecular weight excluding hydrogens is 418 g/mol. The summed E-state index contributed by atoms with van der Waals surface area (Å²) in [5.41, 5.74) is 1.96. The number of benzene rings is 2. The normalized spacial score (nSPS) is 11.0. The maximum absolute atomic E-state index is 12.6. The summed E-state index contributed by atoms with van der Waals surface area (Å²) in [5, 5.41) is 3.89. The number of pyridine rings is 1. The Hall–Kier alpha value is -3.85. The van der Waals surface area contributed by atoms with Crippen molar-refractivity contribution in [2.75, 3.05) is 25.6 Å². The summed E-state index contributed by atoms with van der Waals surface area (Å²) in [6.07, 6.45) is 3.34. The highest BCUT2D eigenvalue weighted by Crippen LogP contribution is 2.31. The number of halogens is 2. The van der Waals surface area contributed by atoms with Crippen LogP contribution in [0.2, 0.25) is 0 Å². The summed E-state index contributed by atoms with van der Waals surface area (Å²) in [5.74, 6) is 1.63. The number of aromatic nitrogens is 3. The van der Waals surface area contributed by atoms with Crippen molar-refractivity contribution in [2.24, 2.45) is 0 Å². The van der Waals surface area contributed by atoms with Gasteiger partial charge in [-0.2, -0.15) is 8.78 Å². The van der Waals surface area contributed by atoms with E-state index in [1.807, 2.05) is 24.3 Å². The SMILES string of the molecule is COCCOc1ccc2nc(-c3cccnc3)nc(Nc3cccc(OC(F)F)c3)c2c1. The quantitative estimate of drug-likeness (QED) is 0.366. The molecule has 0 aliphatic heterocycles. The van der Waals surface area contributed by atoms with E-state index in [4.69, 9.17) is 9.47 Å². The Bertz CT molecular complexity index is 1190. The molecule has 0 bridgehead atoms. The molecule has 0 spiro atoms. The highest BCUT2D eigenvalue weighted by molar-refractivity contribution is 5.93. The fourth-order valence-electron chi connectivity index (χ4n) is 3.05. The highest BCUT2D eigenvalue weighted by Gasteiger charge is 2.12. The fraction of sp³-hybridized carbons (Fsp3) is 0.174. The first-order valence-corrected chi connectivity index (χ1v) is 9.78. The maximum Gasteiger partial charge on any atom is 0.387 e. The number of methoxy groups -OCH3 is 1. The van der Waals surface area contributed by atoms with Crippen LogP contribution in [0.5, 0.6) is 11.5 Å². The number of hydrogen-bond acceptors (Lipinski definition) is 7. The number of alkyl halides is 2. The van der Waals surface area contributed by atoms with Crippen LogP contribution in [0.4, 0.5) is 20.3 Å². The largest absolute Gasteiger partial charge is 0.491 e. The molecule has 4 rings (SSSR count). The molecule has 0 aliphatic rings. The lowest BCUT2D eigenvalue weighted by Gasteiger charge is -2.13. The topological polar surface area (TPSA) is 78.4 Å². The highest BCUT2D eigenvalue weighted by atomic mass is 19.3. The van der Waals surface area contributed by atoms with Gasteiger partial charge in [-0.3, -0.25) is 4.98 Å². The number of rotatable bonds is 9. The zero-order valence-electron chi connectivity index (χ0n) is 17.2. The maximum atomic E-state index is 12.6. The van der Waals surface area contributed by atoms with Gasteiger partial charge in [0.15, 0.2) is 5.82 Å². The Kier molecular flexibility index (Phi) is 6.66. The molecule has 2 heterocycles. The monoisotopic (exact) mass is 438 g/mol. The fourth-order valence-corrected chi connectivity index (χ4v) is 3.05. The Balaban J connectivity index is 1.75. The molecular formula is C23H20F2N4O3. The smallest absolute Gasteiger partial charge is 0.387 e. The lowest BCUT2D eigenvalue weighted by molar-refractivity contribution is -0.0498. The summed E-state index contributed by atoms with van der Waals surface area (Å²) in [4.78, 5) is 13.4. The van der Waals surface area contributed by atoms with E-state index in [2.05, 4.69) is 25.0 Å². The number of nitrogens with one attached hydrogen (secondary N) is 1. The minimum absolute atomic E-state index is 0.0411. The van der Waals surface area contributed by atoms with Crippen LogP contribution in [0.1, 0.15) is 0 Å². The minimum Gasteiger partial charge on any atom is -0.491 e. The molecule has 0 radical (unpaired) electrons. The standard InChI is InChI=1S/C23H20F2N4O3/c1-30-10-11-31-17-7-8-20-19(13-17)22(29-21(28-20)15-4-3-9-26-14-15)27-16-5-2-6-18(12-16)32-23(24)25/h2-9,12-14,23H,10-11H2,1H3,(H,27,28,29). The van der Waals surface area contributed by atoms with Crippen molar-refractivity contribution in [1.29, 1.82) is 0 Å². The third kappa shape index (κ3) is 5.25. The molecule has 0 atom stereocenters. The van der Waals surface area contributed by atoms with Crippen molar-refractivity contribution in [3.63, 3.8) is 0 Å². The zero-order chi connectivity index (χ0) is 22.3. The van der Waals surface area contributed by atoms with E-state index >= 15 is 0 Å². The molecule has 4 aromatic rings. The van der Waals surface area contributed by atoms with Gasteiger partial charge in [-0.25, -0.2) is 9.97 Å². The van der Waals surface area contributed by atoms with Gasteiger partial charge in [0.1, 0.15) is 23.9 Å². The number of ether oxygens (including phenoxy) is 3. The van der Waals surface area contributed by atoms with Gasteiger partial charge in [-0.1, -0.05) is 6.07 Å². The molecule has 9 heteroatoms. The molecule has 0 saturated carbocycles. The van der Waals surface area contributed by atoms with E-state index in [-0.39, 0.29) is 5.75 Å². The Morgan fingerprint density at radius 3 is 2.66 bits per heavy atom. The number of nitrogens with zero attached hydrogens (tertiary/aromatic N) is 3. The van der Waals surface area contributed by atoms with Gasteiger partial charge in [-0.15, -0.1) is 0 Å². The van der Waals surface area contributed by atoms with Crippen LogP contribution in [-0.4, -0.2) is 41.9 Å². The molecule has 32 heavy (non-hydrogen) atoms. The second-order valence-corrected chi connectivity index (χ2v) is 6.69. The van der Waals surface area contributed by atoms with Gasteiger partial charge in [0.25, 0.3) is 0 Å². The van der Waals surface area contributed by atoms with Gasteiger partial charge >= 0.3 is 6.61 Å².